The molecule has 2 heterocycles. The van der Waals surface area contributed by atoms with E-state index in [1.807, 2.05) is 84.9 Å². The van der Waals surface area contributed by atoms with Crippen LogP contribution in [0.3, 0.4) is 0 Å². The smallest absolute Gasteiger partial charge is 0.137 e. The maximum atomic E-state index is 5.83. The zero-order valence-corrected chi connectivity index (χ0v) is 26.2. The Balaban J connectivity index is 0.933. The Morgan fingerprint density at radius 2 is 0.872 bits per heavy atom. The van der Waals surface area contributed by atoms with Crippen LogP contribution in [0.1, 0.15) is 33.6 Å². The fraction of sp³-hybridized carbons (Fsp3) is 0.122. The van der Waals surface area contributed by atoms with Crippen molar-refractivity contribution in [2.75, 3.05) is 13.2 Å². The summed E-state index contributed by atoms with van der Waals surface area (Å²) in [6.45, 7) is 1.23. The minimum atomic E-state index is 0.614. The lowest BCUT2D eigenvalue weighted by Gasteiger charge is -2.06. The van der Waals surface area contributed by atoms with Crippen molar-refractivity contribution in [2.45, 2.75) is 19.3 Å². The van der Waals surface area contributed by atoms with Gasteiger partial charge in [0.05, 0.1) is 60.8 Å². The minimum Gasteiger partial charge on any atom is -0.492 e. The van der Waals surface area contributed by atoms with Crippen LogP contribution < -0.4 is 9.47 Å². The summed E-state index contributed by atoms with van der Waals surface area (Å²) < 4.78 is 11.7. The van der Waals surface area contributed by atoms with Crippen molar-refractivity contribution in [2.24, 2.45) is 9.98 Å². The topological polar surface area (TPSA) is 69.0 Å². The van der Waals surface area contributed by atoms with Crippen molar-refractivity contribution in [1.82, 2.24) is 9.97 Å². The molecule has 0 radical (unpaired) electrons. The molecular weight excluding hydrogens is 580 g/mol. The average molecular weight is 617 g/mol. The second-order valence-electron chi connectivity index (χ2n) is 11.0. The molecule has 0 bridgehead atoms. The molecule has 47 heavy (non-hydrogen) atoms. The van der Waals surface area contributed by atoms with Crippen LogP contribution in [0.15, 0.2) is 156 Å². The Labute approximate surface area is 276 Å². The highest BCUT2D eigenvalue weighted by molar-refractivity contribution is 5.80. The molecule has 6 rings (SSSR count). The first-order valence-electron chi connectivity index (χ1n) is 15.8. The molecule has 232 valence electrons. The van der Waals surface area contributed by atoms with Crippen LogP contribution in [0, 0.1) is 0 Å². The first-order valence-corrected chi connectivity index (χ1v) is 15.8. The van der Waals surface area contributed by atoms with E-state index < -0.39 is 0 Å². The molecule has 0 unspecified atom stereocenters. The van der Waals surface area contributed by atoms with E-state index >= 15 is 0 Å². The van der Waals surface area contributed by atoms with Gasteiger partial charge < -0.3 is 9.47 Å². The SMILES string of the molecule is C(=Nc1ccc(Cc2ccc(N=Cc3ccc(OCCc4ccccc4)cn3)cc2)cc1)c1ccc(OCCc2ccccc2)cn1. The molecule has 6 heteroatoms. The van der Waals surface area contributed by atoms with Gasteiger partial charge in [0, 0.05) is 12.8 Å². The Morgan fingerprint density at radius 3 is 1.26 bits per heavy atom. The summed E-state index contributed by atoms with van der Waals surface area (Å²) in [6.07, 6.45) is 9.57. The summed E-state index contributed by atoms with van der Waals surface area (Å²) >= 11 is 0. The molecule has 0 aliphatic rings. The molecule has 0 aliphatic carbocycles. The summed E-state index contributed by atoms with van der Waals surface area (Å²) in [5, 5.41) is 0. The first kappa shape index (κ1) is 31.1. The van der Waals surface area contributed by atoms with E-state index in [1.54, 1.807) is 24.8 Å². The number of ether oxygens (including phenoxy) is 2. The summed E-state index contributed by atoms with van der Waals surface area (Å²) in [5.74, 6) is 1.51. The number of pyridine rings is 2. The van der Waals surface area contributed by atoms with Gasteiger partial charge in [0.2, 0.25) is 0 Å². The van der Waals surface area contributed by atoms with Crippen LogP contribution in [-0.2, 0) is 19.3 Å². The summed E-state index contributed by atoms with van der Waals surface area (Å²) in [7, 11) is 0. The molecule has 2 aromatic heterocycles. The fourth-order valence-electron chi connectivity index (χ4n) is 4.89. The predicted molar refractivity (Wildman–Crippen MR) is 190 cm³/mol. The summed E-state index contributed by atoms with van der Waals surface area (Å²) in [5.41, 5.74) is 8.26. The minimum absolute atomic E-state index is 0.614. The molecule has 6 aromatic rings. The van der Waals surface area contributed by atoms with E-state index in [1.165, 1.54) is 22.3 Å². The molecule has 0 saturated heterocycles. The molecule has 0 N–H and O–H groups in total. The lowest BCUT2D eigenvalue weighted by Crippen LogP contribution is -2.01. The van der Waals surface area contributed by atoms with Crippen molar-refractivity contribution < 1.29 is 9.47 Å². The molecule has 4 aromatic carbocycles. The Bertz CT molecular complexity index is 1710. The van der Waals surface area contributed by atoms with Gasteiger partial charge in [-0.25, -0.2) is 0 Å². The zero-order valence-electron chi connectivity index (χ0n) is 26.2. The fourth-order valence-corrected chi connectivity index (χ4v) is 4.89. The lowest BCUT2D eigenvalue weighted by atomic mass is 10.0. The molecule has 0 amide bonds. The van der Waals surface area contributed by atoms with E-state index in [0.29, 0.717) is 13.2 Å². The highest BCUT2D eigenvalue weighted by atomic mass is 16.5. The number of aromatic nitrogens is 2. The van der Waals surface area contributed by atoms with Gasteiger partial charge in [0.15, 0.2) is 0 Å². The van der Waals surface area contributed by atoms with Crippen molar-refractivity contribution in [3.8, 4) is 11.5 Å². The molecule has 0 aliphatic heterocycles. The number of nitrogens with zero attached hydrogens (tertiary/aromatic N) is 4. The van der Waals surface area contributed by atoms with Gasteiger partial charge in [-0.3, -0.25) is 20.0 Å². The second-order valence-corrected chi connectivity index (χ2v) is 11.0. The molecule has 6 nitrogen and oxygen atoms in total. The molecular formula is C41H36N4O2. The van der Waals surface area contributed by atoms with Crippen LogP contribution in [0.2, 0.25) is 0 Å². The zero-order chi connectivity index (χ0) is 31.9. The third-order valence-corrected chi connectivity index (χ3v) is 7.50. The highest BCUT2D eigenvalue weighted by Gasteiger charge is 2.01. The predicted octanol–water partition coefficient (Wildman–Crippen LogP) is 8.81. The van der Waals surface area contributed by atoms with Crippen LogP contribution in [0.5, 0.6) is 11.5 Å². The highest BCUT2D eigenvalue weighted by Crippen LogP contribution is 2.19. The average Bonchev–Trinajstić information content (AvgIpc) is 3.13. The van der Waals surface area contributed by atoms with Gasteiger partial charge in [-0.15, -0.1) is 0 Å². The van der Waals surface area contributed by atoms with Crippen molar-refractivity contribution >= 4 is 23.8 Å². The number of rotatable bonds is 14. The first-order chi connectivity index (χ1) is 23.2. The number of benzene rings is 4. The molecule has 0 atom stereocenters. The number of hydrogen-bond acceptors (Lipinski definition) is 6. The monoisotopic (exact) mass is 616 g/mol. The number of hydrogen-bond donors (Lipinski definition) is 0. The maximum absolute atomic E-state index is 5.83. The largest absolute Gasteiger partial charge is 0.492 e. The third-order valence-electron chi connectivity index (χ3n) is 7.50. The maximum Gasteiger partial charge on any atom is 0.137 e. The van der Waals surface area contributed by atoms with Gasteiger partial charge >= 0.3 is 0 Å². The van der Waals surface area contributed by atoms with Gasteiger partial charge in [-0.2, -0.15) is 0 Å². The van der Waals surface area contributed by atoms with E-state index in [-0.39, 0.29) is 0 Å². The van der Waals surface area contributed by atoms with Crippen LogP contribution in [-0.4, -0.2) is 35.6 Å². The van der Waals surface area contributed by atoms with Gasteiger partial charge in [0.1, 0.15) is 11.5 Å². The van der Waals surface area contributed by atoms with Gasteiger partial charge in [-0.05, 0) is 77.2 Å². The van der Waals surface area contributed by atoms with E-state index in [9.17, 15) is 0 Å². The van der Waals surface area contributed by atoms with E-state index in [2.05, 4.69) is 68.5 Å². The Hall–Kier alpha value is -5.88. The Kier molecular flexibility index (Phi) is 10.9. The quantitative estimate of drug-likeness (QED) is 0.115. The van der Waals surface area contributed by atoms with Gasteiger partial charge in [-0.1, -0.05) is 84.9 Å². The lowest BCUT2D eigenvalue weighted by molar-refractivity contribution is 0.320. The van der Waals surface area contributed by atoms with E-state index in [0.717, 1.165) is 53.5 Å². The second kappa shape index (κ2) is 16.4. The molecule has 0 saturated carbocycles. The molecule has 0 fully saturated rings. The van der Waals surface area contributed by atoms with Crippen molar-refractivity contribution in [3.05, 3.63) is 179 Å². The van der Waals surface area contributed by atoms with Crippen LogP contribution >= 0.6 is 0 Å². The molecule has 0 spiro atoms. The third kappa shape index (κ3) is 10.1. The summed E-state index contributed by atoms with van der Waals surface area (Å²) in [6, 6.07) is 44.8. The van der Waals surface area contributed by atoms with Crippen molar-refractivity contribution in [3.63, 3.8) is 0 Å². The van der Waals surface area contributed by atoms with Crippen LogP contribution in [0.25, 0.3) is 0 Å². The van der Waals surface area contributed by atoms with E-state index in [4.69, 9.17) is 9.47 Å². The summed E-state index contributed by atoms with van der Waals surface area (Å²) in [4.78, 5) is 18.1. The van der Waals surface area contributed by atoms with Gasteiger partial charge in [0.25, 0.3) is 0 Å². The Morgan fingerprint density at radius 1 is 0.447 bits per heavy atom. The van der Waals surface area contributed by atoms with Crippen molar-refractivity contribution in [1.29, 1.82) is 0 Å². The number of aliphatic imine (C=N–C) groups is 2. The standard InChI is InChI=1S/C41H36N4O2/c1-3-7-32(8-4-1)23-25-46-40-21-19-38(44-30-40)28-42-36-15-11-34(12-16-36)27-35-13-17-37(18-14-35)43-29-39-20-22-41(31-45-39)47-26-24-33-9-5-2-6-10-33/h1-22,28-31H,23-27H2. The van der Waals surface area contributed by atoms with Crippen LogP contribution in [0.4, 0.5) is 11.4 Å². The normalized spacial score (nSPS) is 11.2.